The summed E-state index contributed by atoms with van der Waals surface area (Å²) < 4.78 is 17.9. The molecule has 232 valence electrons. The lowest BCUT2D eigenvalue weighted by atomic mass is 9.91. The van der Waals surface area contributed by atoms with Gasteiger partial charge in [-0.2, -0.15) is 0 Å². The monoisotopic (exact) mass is 601 g/mol. The molecule has 1 aliphatic rings. The number of hydrogen-bond acceptors (Lipinski definition) is 8. The number of anilines is 2. The van der Waals surface area contributed by atoms with Crippen LogP contribution in [0, 0.1) is 12.3 Å². The Morgan fingerprint density at radius 2 is 1.86 bits per heavy atom. The van der Waals surface area contributed by atoms with Crippen molar-refractivity contribution in [3.8, 4) is 0 Å². The number of rotatable bonds is 12. The van der Waals surface area contributed by atoms with Crippen LogP contribution in [0.2, 0.25) is 0 Å². The number of methoxy groups -OCH3 is 2. The molecule has 1 N–H and O–H groups in total. The first-order valence-corrected chi connectivity index (χ1v) is 14.6. The molecular formula is C33H39N5O6. The number of carbonyl (C=O) groups excluding carboxylic acids is 2. The fourth-order valence-electron chi connectivity index (χ4n) is 5.54. The minimum Gasteiger partial charge on any atom is -0.464 e. The van der Waals surface area contributed by atoms with Crippen LogP contribution in [0.1, 0.15) is 36.2 Å². The Hall–Kier alpha value is -4.32. The molecule has 0 bridgehead atoms. The summed E-state index contributed by atoms with van der Waals surface area (Å²) in [7, 11) is 3.22. The SMILES string of the molecule is COCCN1C(=O)C(C)(C)C(=O)Nc2cc(CN(CCn3cc(C)c4occc4c3=O)Cc3cccnc3COC)ccc21. The minimum atomic E-state index is -1.24. The fraction of sp³-hybridized carbons (Fsp3) is 0.394. The molecule has 0 atom stereocenters. The average molecular weight is 602 g/mol. The van der Waals surface area contributed by atoms with Crippen LogP contribution in [0.15, 0.2) is 64.3 Å². The second-order valence-corrected chi connectivity index (χ2v) is 11.6. The first kappa shape index (κ1) is 31.1. The Balaban J connectivity index is 1.46. The third kappa shape index (κ3) is 6.30. The third-order valence-electron chi connectivity index (χ3n) is 8.05. The molecule has 4 aromatic rings. The van der Waals surface area contributed by atoms with Gasteiger partial charge in [0.25, 0.3) is 5.56 Å². The van der Waals surface area contributed by atoms with Gasteiger partial charge in [0.1, 0.15) is 11.0 Å². The van der Waals surface area contributed by atoms with Crippen LogP contribution < -0.4 is 15.8 Å². The highest BCUT2D eigenvalue weighted by Gasteiger charge is 2.43. The second-order valence-electron chi connectivity index (χ2n) is 11.6. The molecule has 4 heterocycles. The van der Waals surface area contributed by atoms with Gasteiger partial charge in [0.2, 0.25) is 11.8 Å². The topological polar surface area (TPSA) is 119 Å². The molecule has 0 saturated carbocycles. The standard InChI is InChI=1S/C33H39N5O6/c1-22-18-37(30(39)25-10-15-44-29(22)25)13-12-36(20-24-7-6-11-34-27(24)21-43-5)19-23-8-9-28-26(17-23)35-31(40)33(2,3)32(41)38(28)14-16-42-4/h6-11,15,17-18H,12-14,16,19-21H2,1-5H3,(H,35,40). The smallest absolute Gasteiger partial charge is 0.261 e. The largest absolute Gasteiger partial charge is 0.464 e. The lowest BCUT2D eigenvalue weighted by Gasteiger charge is -2.28. The van der Waals surface area contributed by atoms with E-state index < -0.39 is 5.41 Å². The van der Waals surface area contributed by atoms with Crippen molar-refractivity contribution >= 4 is 34.2 Å². The number of aryl methyl sites for hydroxylation is 1. The molecule has 11 heteroatoms. The van der Waals surface area contributed by atoms with E-state index in [-0.39, 0.29) is 17.4 Å². The molecule has 0 spiro atoms. The molecular weight excluding hydrogens is 562 g/mol. The van der Waals surface area contributed by atoms with Crippen LogP contribution in [0.25, 0.3) is 11.0 Å². The summed E-state index contributed by atoms with van der Waals surface area (Å²) >= 11 is 0. The van der Waals surface area contributed by atoms with Gasteiger partial charge in [-0.25, -0.2) is 0 Å². The van der Waals surface area contributed by atoms with E-state index >= 15 is 0 Å². The van der Waals surface area contributed by atoms with E-state index in [1.807, 2.05) is 43.5 Å². The van der Waals surface area contributed by atoms with Crippen molar-refractivity contribution < 1.29 is 23.5 Å². The molecule has 1 aromatic carbocycles. The number of ether oxygens (including phenoxy) is 2. The van der Waals surface area contributed by atoms with Gasteiger partial charge in [0.05, 0.1) is 41.9 Å². The zero-order valence-electron chi connectivity index (χ0n) is 25.9. The molecule has 0 unspecified atom stereocenters. The Labute approximate surface area is 256 Å². The quantitative estimate of drug-likeness (QED) is 0.241. The van der Waals surface area contributed by atoms with E-state index in [0.29, 0.717) is 68.3 Å². The molecule has 44 heavy (non-hydrogen) atoms. The third-order valence-corrected chi connectivity index (χ3v) is 8.05. The van der Waals surface area contributed by atoms with Gasteiger partial charge in [-0.15, -0.1) is 0 Å². The van der Waals surface area contributed by atoms with Crippen molar-refractivity contribution in [2.45, 2.75) is 47.0 Å². The molecule has 2 amide bonds. The van der Waals surface area contributed by atoms with Crippen molar-refractivity contribution in [2.75, 3.05) is 44.1 Å². The normalized spacial score (nSPS) is 14.6. The Morgan fingerprint density at radius 3 is 2.64 bits per heavy atom. The zero-order valence-corrected chi connectivity index (χ0v) is 25.9. The van der Waals surface area contributed by atoms with E-state index in [1.54, 1.807) is 49.8 Å². The summed E-state index contributed by atoms with van der Waals surface area (Å²) in [6.45, 7) is 8.32. The first-order chi connectivity index (χ1) is 21.1. The molecule has 0 aliphatic carbocycles. The van der Waals surface area contributed by atoms with E-state index in [4.69, 9.17) is 13.9 Å². The highest BCUT2D eigenvalue weighted by atomic mass is 16.5. The van der Waals surface area contributed by atoms with Crippen LogP contribution in [-0.2, 0) is 45.3 Å². The maximum absolute atomic E-state index is 13.4. The molecule has 1 aliphatic heterocycles. The molecule has 3 aromatic heterocycles. The maximum atomic E-state index is 13.4. The number of pyridine rings is 2. The fourth-order valence-corrected chi connectivity index (χ4v) is 5.54. The van der Waals surface area contributed by atoms with Crippen molar-refractivity contribution in [3.63, 3.8) is 0 Å². The summed E-state index contributed by atoms with van der Waals surface area (Å²) in [6.07, 6.45) is 5.12. The maximum Gasteiger partial charge on any atom is 0.261 e. The number of hydrogen-bond donors (Lipinski definition) is 1. The molecule has 0 saturated heterocycles. The van der Waals surface area contributed by atoms with Crippen LogP contribution in [0.4, 0.5) is 11.4 Å². The highest BCUT2D eigenvalue weighted by Crippen LogP contribution is 2.36. The van der Waals surface area contributed by atoms with Crippen molar-refractivity contribution in [3.05, 3.63) is 87.8 Å². The number of amides is 2. The van der Waals surface area contributed by atoms with Gasteiger partial charge in [-0.05, 0) is 56.2 Å². The first-order valence-electron chi connectivity index (χ1n) is 14.6. The number of nitrogens with one attached hydrogen (secondary N) is 1. The van der Waals surface area contributed by atoms with Gasteiger partial charge < -0.3 is 28.7 Å². The average Bonchev–Trinajstić information content (AvgIpc) is 3.49. The van der Waals surface area contributed by atoms with Gasteiger partial charge >= 0.3 is 0 Å². The van der Waals surface area contributed by atoms with E-state index in [0.717, 1.165) is 22.4 Å². The van der Waals surface area contributed by atoms with Crippen molar-refractivity contribution in [1.82, 2.24) is 14.5 Å². The van der Waals surface area contributed by atoms with Gasteiger partial charge in [-0.1, -0.05) is 12.1 Å². The lowest BCUT2D eigenvalue weighted by molar-refractivity contribution is -0.136. The van der Waals surface area contributed by atoms with Gasteiger partial charge in [0, 0.05) is 64.9 Å². The number of furan rings is 1. The van der Waals surface area contributed by atoms with E-state index in [2.05, 4.69) is 15.2 Å². The van der Waals surface area contributed by atoms with Crippen LogP contribution in [-0.4, -0.2) is 60.2 Å². The predicted molar refractivity (Wildman–Crippen MR) is 167 cm³/mol. The lowest BCUT2D eigenvalue weighted by Crippen LogP contribution is -2.46. The number of fused-ring (bicyclic) bond motifs is 2. The molecule has 0 fully saturated rings. The Bertz CT molecular complexity index is 1730. The van der Waals surface area contributed by atoms with Crippen LogP contribution >= 0.6 is 0 Å². The Morgan fingerprint density at radius 1 is 1.05 bits per heavy atom. The summed E-state index contributed by atoms with van der Waals surface area (Å²) in [5.74, 6) is -0.639. The second kappa shape index (κ2) is 13.1. The van der Waals surface area contributed by atoms with Crippen LogP contribution in [0.3, 0.4) is 0 Å². The molecule has 0 radical (unpaired) electrons. The predicted octanol–water partition coefficient (Wildman–Crippen LogP) is 4.10. The van der Waals surface area contributed by atoms with Gasteiger partial charge in [0.15, 0.2) is 0 Å². The molecule has 11 nitrogen and oxygen atoms in total. The molecule has 5 rings (SSSR count). The number of aromatic nitrogens is 2. The zero-order chi connectivity index (χ0) is 31.4. The minimum absolute atomic E-state index is 0.100. The van der Waals surface area contributed by atoms with E-state index in [9.17, 15) is 14.4 Å². The summed E-state index contributed by atoms with van der Waals surface area (Å²) in [5, 5.41) is 3.54. The summed E-state index contributed by atoms with van der Waals surface area (Å²) in [6, 6.07) is 11.4. The highest BCUT2D eigenvalue weighted by molar-refractivity contribution is 6.19. The summed E-state index contributed by atoms with van der Waals surface area (Å²) in [5.41, 5.74) is 4.16. The van der Waals surface area contributed by atoms with Crippen LogP contribution in [0.5, 0.6) is 0 Å². The number of benzene rings is 1. The number of nitrogens with zero attached hydrogens (tertiary/aromatic N) is 4. The number of carbonyl (C=O) groups is 2. The summed E-state index contributed by atoms with van der Waals surface area (Å²) in [4.78, 5) is 48.1. The van der Waals surface area contributed by atoms with Crippen molar-refractivity contribution in [2.24, 2.45) is 5.41 Å². The van der Waals surface area contributed by atoms with E-state index in [1.165, 1.54) is 6.26 Å². The van der Waals surface area contributed by atoms with Crippen molar-refractivity contribution in [1.29, 1.82) is 0 Å². The Kier molecular flexibility index (Phi) is 9.28. The van der Waals surface area contributed by atoms with Gasteiger partial charge in [-0.3, -0.25) is 24.3 Å².